The quantitative estimate of drug-likeness (QED) is 0.591. The maximum atomic E-state index is 11.0. The molecule has 0 aliphatic heterocycles. The number of primary amides is 1. The molecule has 0 saturated carbocycles. The summed E-state index contributed by atoms with van der Waals surface area (Å²) in [5.41, 5.74) is 9.07. The third-order valence-corrected chi connectivity index (χ3v) is 4.10. The first-order valence-electron chi connectivity index (χ1n) is 8.40. The Balaban J connectivity index is 1.49. The zero-order valence-electron chi connectivity index (χ0n) is 14.7. The Bertz CT molecular complexity index is 1100. The van der Waals surface area contributed by atoms with Gasteiger partial charge in [-0.2, -0.15) is 5.10 Å². The number of rotatable bonds is 5. The van der Waals surface area contributed by atoms with Gasteiger partial charge in [0.1, 0.15) is 23.9 Å². The first kappa shape index (κ1) is 16.7. The third-order valence-electron chi connectivity index (χ3n) is 4.10. The maximum absolute atomic E-state index is 11.0. The number of amides is 1. The van der Waals surface area contributed by atoms with Crippen LogP contribution < -0.4 is 10.5 Å². The highest BCUT2D eigenvalue weighted by molar-refractivity contribution is 5.90. The van der Waals surface area contributed by atoms with Crippen LogP contribution in [0.5, 0.6) is 5.75 Å². The number of pyridine rings is 2. The topological polar surface area (TPSA) is 95.4 Å². The molecular weight excluding hydrogens is 342 g/mol. The second-order valence-electron chi connectivity index (χ2n) is 6.07. The van der Waals surface area contributed by atoms with Gasteiger partial charge in [-0.15, -0.1) is 0 Å². The Hall–Kier alpha value is -3.74. The molecule has 0 spiro atoms. The molecule has 0 aliphatic carbocycles. The normalized spacial score (nSPS) is 10.9. The van der Waals surface area contributed by atoms with Crippen molar-refractivity contribution < 1.29 is 9.53 Å². The van der Waals surface area contributed by atoms with Crippen LogP contribution in [0.2, 0.25) is 0 Å². The lowest BCUT2D eigenvalue weighted by Crippen LogP contribution is -2.13. The fraction of sp³-hybridized carbons (Fsp3) is 0.100. The molecule has 0 unspecified atom stereocenters. The summed E-state index contributed by atoms with van der Waals surface area (Å²) in [6, 6.07) is 17.0. The highest BCUT2D eigenvalue weighted by Crippen LogP contribution is 2.23. The number of hydrogen-bond donors (Lipinski definition) is 1. The lowest BCUT2D eigenvalue weighted by atomic mass is 10.1. The van der Waals surface area contributed by atoms with Crippen LogP contribution in [0.4, 0.5) is 0 Å². The summed E-state index contributed by atoms with van der Waals surface area (Å²) in [4.78, 5) is 19.4. The van der Waals surface area contributed by atoms with Crippen LogP contribution >= 0.6 is 0 Å². The molecule has 27 heavy (non-hydrogen) atoms. The minimum atomic E-state index is -0.546. The summed E-state index contributed by atoms with van der Waals surface area (Å²) in [7, 11) is 0. The van der Waals surface area contributed by atoms with Crippen LogP contribution in [0, 0.1) is 6.92 Å². The molecule has 1 amide bonds. The zero-order chi connectivity index (χ0) is 18.8. The molecule has 0 aliphatic rings. The van der Waals surface area contributed by atoms with Crippen LogP contribution in [0.1, 0.15) is 21.9 Å². The Morgan fingerprint density at radius 1 is 1.11 bits per heavy atom. The first-order valence-corrected chi connectivity index (χ1v) is 8.40. The van der Waals surface area contributed by atoms with Gasteiger partial charge >= 0.3 is 0 Å². The van der Waals surface area contributed by atoms with E-state index in [0.717, 1.165) is 34.0 Å². The predicted molar refractivity (Wildman–Crippen MR) is 100 cm³/mol. The number of aryl methyl sites for hydroxylation is 1. The third kappa shape index (κ3) is 3.48. The van der Waals surface area contributed by atoms with E-state index in [9.17, 15) is 4.79 Å². The van der Waals surface area contributed by atoms with Gasteiger partial charge in [0.25, 0.3) is 5.91 Å². The van der Waals surface area contributed by atoms with E-state index >= 15 is 0 Å². The number of aromatic nitrogens is 4. The van der Waals surface area contributed by atoms with Crippen LogP contribution in [-0.4, -0.2) is 25.5 Å². The molecule has 7 nitrogen and oxygen atoms in total. The average molecular weight is 359 g/mol. The SMILES string of the molecule is Cc1nc2cccc(-c3ccc(OCc4ccc(C(N)=O)nc4)cc3)n2n1. The molecule has 4 aromatic rings. The number of fused-ring (bicyclic) bond motifs is 1. The summed E-state index contributed by atoms with van der Waals surface area (Å²) in [6.07, 6.45) is 1.59. The number of benzene rings is 1. The van der Waals surface area contributed by atoms with Gasteiger partial charge in [-0.1, -0.05) is 12.1 Å². The molecule has 0 radical (unpaired) electrons. The highest BCUT2D eigenvalue weighted by Gasteiger charge is 2.07. The molecule has 0 saturated heterocycles. The number of carbonyl (C=O) groups is 1. The van der Waals surface area contributed by atoms with Crippen LogP contribution in [-0.2, 0) is 6.61 Å². The van der Waals surface area contributed by atoms with E-state index in [-0.39, 0.29) is 5.69 Å². The van der Waals surface area contributed by atoms with Crippen molar-refractivity contribution in [1.29, 1.82) is 0 Å². The molecule has 1 aromatic carbocycles. The minimum absolute atomic E-state index is 0.237. The maximum Gasteiger partial charge on any atom is 0.267 e. The molecule has 3 heterocycles. The second-order valence-corrected chi connectivity index (χ2v) is 6.07. The van der Waals surface area contributed by atoms with Crippen molar-refractivity contribution in [2.24, 2.45) is 5.73 Å². The molecular formula is C20H17N5O2. The van der Waals surface area contributed by atoms with E-state index in [0.29, 0.717) is 6.61 Å². The van der Waals surface area contributed by atoms with Gasteiger partial charge in [-0.25, -0.2) is 9.50 Å². The molecule has 4 rings (SSSR count). The van der Waals surface area contributed by atoms with E-state index in [1.807, 2.05) is 53.9 Å². The Kier molecular flexibility index (Phi) is 4.25. The van der Waals surface area contributed by atoms with Gasteiger partial charge in [-0.05, 0) is 49.4 Å². The Morgan fingerprint density at radius 2 is 1.93 bits per heavy atom. The van der Waals surface area contributed by atoms with Crippen molar-refractivity contribution in [1.82, 2.24) is 19.6 Å². The van der Waals surface area contributed by atoms with Gasteiger partial charge in [0.2, 0.25) is 0 Å². The standard InChI is InChI=1S/C20H17N5O2/c1-13-23-19-4-2-3-18(25(19)24-13)15-6-8-16(9-7-15)27-12-14-5-10-17(20(21)26)22-11-14/h2-11H,12H2,1H3,(H2,21,26). The zero-order valence-corrected chi connectivity index (χ0v) is 14.7. The summed E-state index contributed by atoms with van der Waals surface area (Å²) >= 11 is 0. The van der Waals surface area contributed by atoms with Crippen molar-refractivity contribution in [2.45, 2.75) is 13.5 Å². The lowest BCUT2D eigenvalue weighted by Gasteiger charge is -2.08. The molecule has 0 fully saturated rings. The summed E-state index contributed by atoms with van der Waals surface area (Å²) in [5.74, 6) is 0.925. The van der Waals surface area contributed by atoms with Crippen molar-refractivity contribution in [3.8, 4) is 17.0 Å². The van der Waals surface area contributed by atoms with E-state index < -0.39 is 5.91 Å². The fourth-order valence-corrected chi connectivity index (χ4v) is 2.78. The van der Waals surface area contributed by atoms with Crippen molar-refractivity contribution in [3.63, 3.8) is 0 Å². The van der Waals surface area contributed by atoms with Gasteiger partial charge in [0, 0.05) is 17.3 Å². The van der Waals surface area contributed by atoms with E-state index in [4.69, 9.17) is 10.5 Å². The van der Waals surface area contributed by atoms with E-state index in [1.165, 1.54) is 0 Å². The second kappa shape index (κ2) is 6.87. The summed E-state index contributed by atoms with van der Waals surface area (Å²) in [5, 5.41) is 4.44. The molecule has 134 valence electrons. The van der Waals surface area contributed by atoms with Crippen LogP contribution in [0.15, 0.2) is 60.8 Å². The van der Waals surface area contributed by atoms with Gasteiger partial charge in [0.05, 0.1) is 5.69 Å². The molecule has 0 atom stereocenters. The number of carbonyl (C=O) groups excluding carboxylic acids is 1. The summed E-state index contributed by atoms with van der Waals surface area (Å²) in [6.45, 7) is 2.22. The molecule has 7 heteroatoms. The minimum Gasteiger partial charge on any atom is -0.489 e. The van der Waals surface area contributed by atoms with Gasteiger partial charge in [0.15, 0.2) is 5.65 Å². The number of nitrogens with two attached hydrogens (primary N) is 1. The molecule has 2 N–H and O–H groups in total. The van der Waals surface area contributed by atoms with Crippen LogP contribution in [0.25, 0.3) is 16.9 Å². The van der Waals surface area contributed by atoms with Crippen molar-refractivity contribution in [3.05, 3.63) is 77.9 Å². The highest BCUT2D eigenvalue weighted by atomic mass is 16.5. The Labute approximate surface area is 155 Å². The van der Waals surface area contributed by atoms with Crippen LogP contribution in [0.3, 0.4) is 0 Å². The lowest BCUT2D eigenvalue weighted by molar-refractivity contribution is 0.0995. The average Bonchev–Trinajstić information content (AvgIpc) is 3.07. The van der Waals surface area contributed by atoms with Gasteiger partial charge < -0.3 is 10.5 Å². The predicted octanol–water partition coefficient (Wildman–Crippen LogP) is 2.78. The monoisotopic (exact) mass is 359 g/mol. The summed E-state index contributed by atoms with van der Waals surface area (Å²) < 4.78 is 7.61. The van der Waals surface area contributed by atoms with E-state index in [2.05, 4.69) is 15.1 Å². The van der Waals surface area contributed by atoms with Gasteiger partial charge in [-0.3, -0.25) is 9.78 Å². The number of ether oxygens (including phenoxy) is 1. The first-order chi connectivity index (χ1) is 13.1. The fourth-order valence-electron chi connectivity index (χ4n) is 2.78. The van der Waals surface area contributed by atoms with Crippen molar-refractivity contribution >= 4 is 11.6 Å². The smallest absolute Gasteiger partial charge is 0.267 e. The number of hydrogen-bond acceptors (Lipinski definition) is 5. The van der Waals surface area contributed by atoms with Crippen molar-refractivity contribution in [2.75, 3.05) is 0 Å². The molecule has 3 aromatic heterocycles. The largest absolute Gasteiger partial charge is 0.489 e. The number of nitrogens with zero attached hydrogens (tertiary/aromatic N) is 4. The Morgan fingerprint density at radius 3 is 2.63 bits per heavy atom. The molecule has 0 bridgehead atoms. The van der Waals surface area contributed by atoms with E-state index in [1.54, 1.807) is 18.3 Å².